The van der Waals surface area contributed by atoms with E-state index in [-0.39, 0.29) is 11.0 Å². The lowest BCUT2D eigenvalue weighted by molar-refractivity contribution is 0.0209. The highest BCUT2D eigenvalue weighted by Gasteiger charge is 2.30. The smallest absolute Gasteiger partial charge is 0.246 e. The van der Waals surface area contributed by atoms with Gasteiger partial charge in [0.15, 0.2) is 0 Å². The average Bonchev–Trinajstić information content (AvgIpc) is 2.94. The van der Waals surface area contributed by atoms with Crippen LogP contribution in [-0.4, -0.2) is 55.3 Å². The molecule has 1 aliphatic heterocycles. The molecule has 0 aliphatic carbocycles. The Hall–Kier alpha value is -0.960. The number of hydrogen-bond donors (Lipinski definition) is 2. The molecule has 1 aliphatic rings. The number of hydrogen-bond acceptors (Lipinski definition) is 5. The van der Waals surface area contributed by atoms with Gasteiger partial charge in [-0.2, -0.15) is 9.40 Å². The van der Waals surface area contributed by atoms with Gasteiger partial charge in [0.1, 0.15) is 4.90 Å². The Morgan fingerprint density at radius 2 is 2.21 bits per heavy atom. The van der Waals surface area contributed by atoms with E-state index in [2.05, 4.69) is 10.2 Å². The summed E-state index contributed by atoms with van der Waals surface area (Å²) in [5.74, 6) is 0. The largest absolute Gasteiger partial charge is 0.378 e. The predicted octanol–water partition coefficient (Wildman–Crippen LogP) is -0.0718. The first-order chi connectivity index (χ1) is 9.14. The summed E-state index contributed by atoms with van der Waals surface area (Å²) < 4.78 is 31.6. The summed E-state index contributed by atoms with van der Waals surface area (Å²) in [6.45, 7) is 2.24. The van der Waals surface area contributed by atoms with Crippen molar-refractivity contribution in [3.63, 3.8) is 0 Å². The number of aromatic amines is 1. The lowest BCUT2D eigenvalue weighted by Crippen LogP contribution is -2.40. The highest BCUT2D eigenvalue weighted by atomic mass is 32.2. The molecule has 1 aromatic rings. The van der Waals surface area contributed by atoms with Crippen LogP contribution in [0.5, 0.6) is 0 Å². The molecule has 0 radical (unpaired) electrons. The van der Waals surface area contributed by atoms with Gasteiger partial charge in [-0.3, -0.25) is 5.10 Å². The van der Waals surface area contributed by atoms with Crippen molar-refractivity contribution >= 4 is 10.0 Å². The predicted molar refractivity (Wildman–Crippen MR) is 70.0 cm³/mol. The third-order valence-electron chi connectivity index (χ3n) is 3.21. The monoisotopic (exact) mass is 288 g/mol. The molecule has 2 rings (SSSR count). The standard InChI is InChI=1S/C11H20N4O3S/c12-4-1-7-18-10-2-5-15(6-3-10)19(16,17)11-8-13-14-9-11/h8-10H,1-7,12H2,(H,13,14). The first-order valence-electron chi connectivity index (χ1n) is 6.45. The molecular formula is C11H20N4O3S. The minimum absolute atomic E-state index is 0.141. The van der Waals surface area contributed by atoms with Crippen LogP contribution in [0.25, 0.3) is 0 Å². The topological polar surface area (TPSA) is 101 Å². The molecule has 19 heavy (non-hydrogen) atoms. The molecule has 0 atom stereocenters. The quantitative estimate of drug-likeness (QED) is 0.713. The fraction of sp³-hybridized carbons (Fsp3) is 0.727. The van der Waals surface area contributed by atoms with E-state index in [0.29, 0.717) is 26.2 Å². The molecule has 0 amide bonds. The van der Waals surface area contributed by atoms with Crippen molar-refractivity contribution < 1.29 is 13.2 Å². The second-order valence-corrected chi connectivity index (χ2v) is 6.49. The maximum atomic E-state index is 12.2. The van der Waals surface area contributed by atoms with Crippen molar-refractivity contribution in [2.24, 2.45) is 5.73 Å². The average molecular weight is 288 g/mol. The minimum Gasteiger partial charge on any atom is -0.378 e. The van der Waals surface area contributed by atoms with Gasteiger partial charge in [-0.05, 0) is 25.8 Å². The lowest BCUT2D eigenvalue weighted by Gasteiger charge is -2.30. The third-order valence-corrected chi connectivity index (χ3v) is 5.08. The van der Waals surface area contributed by atoms with Crippen molar-refractivity contribution in [2.45, 2.75) is 30.3 Å². The molecule has 0 unspecified atom stereocenters. The van der Waals surface area contributed by atoms with E-state index in [1.807, 2.05) is 0 Å². The van der Waals surface area contributed by atoms with Crippen molar-refractivity contribution in [2.75, 3.05) is 26.2 Å². The third kappa shape index (κ3) is 3.53. The van der Waals surface area contributed by atoms with E-state index in [0.717, 1.165) is 19.3 Å². The summed E-state index contributed by atoms with van der Waals surface area (Å²) >= 11 is 0. The normalized spacial score (nSPS) is 18.8. The molecule has 1 aromatic heterocycles. The molecule has 0 spiro atoms. The SMILES string of the molecule is NCCCOC1CCN(S(=O)(=O)c2cn[nH]c2)CC1. The van der Waals surface area contributed by atoms with E-state index in [9.17, 15) is 8.42 Å². The molecular weight excluding hydrogens is 268 g/mol. The first-order valence-corrected chi connectivity index (χ1v) is 7.89. The van der Waals surface area contributed by atoms with Gasteiger partial charge in [0.25, 0.3) is 0 Å². The molecule has 1 saturated heterocycles. The fourth-order valence-corrected chi connectivity index (χ4v) is 3.48. The molecule has 1 fully saturated rings. The Balaban J connectivity index is 1.86. The lowest BCUT2D eigenvalue weighted by atomic mass is 10.1. The molecule has 0 aromatic carbocycles. The van der Waals surface area contributed by atoms with Gasteiger partial charge in [-0.25, -0.2) is 8.42 Å². The zero-order chi connectivity index (χ0) is 13.7. The van der Waals surface area contributed by atoms with E-state index < -0.39 is 10.0 Å². The van der Waals surface area contributed by atoms with Gasteiger partial charge in [-0.1, -0.05) is 0 Å². The highest BCUT2D eigenvalue weighted by molar-refractivity contribution is 7.89. The number of ether oxygens (including phenoxy) is 1. The van der Waals surface area contributed by atoms with Gasteiger partial charge in [0, 0.05) is 25.9 Å². The molecule has 3 N–H and O–H groups in total. The molecule has 2 heterocycles. The number of piperidine rings is 1. The number of nitrogens with one attached hydrogen (secondary N) is 1. The Kier molecular flexibility index (Phi) is 4.92. The van der Waals surface area contributed by atoms with Crippen molar-refractivity contribution in [1.29, 1.82) is 0 Å². The van der Waals surface area contributed by atoms with Crippen molar-refractivity contribution in [3.05, 3.63) is 12.4 Å². The summed E-state index contributed by atoms with van der Waals surface area (Å²) in [7, 11) is -3.40. The number of nitrogens with two attached hydrogens (primary N) is 1. The van der Waals surface area contributed by atoms with Crippen LogP contribution in [0.2, 0.25) is 0 Å². The molecule has 108 valence electrons. The summed E-state index contributed by atoms with van der Waals surface area (Å²) in [6, 6.07) is 0. The second kappa shape index (κ2) is 6.47. The van der Waals surface area contributed by atoms with Gasteiger partial charge in [0.2, 0.25) is 10.0 Å². The van der Waals surface area contributed by atoms with Gasteiger partial charge >= 0.3 is 0 Å². The van der Waals surface area contributed by atoms with Crippen molar-refractivity contribution in [1.82, 2.24) is 14.5 Å². The Morgan fingerprint density at radius 1 is 1.47 bits per heavy atom. The van der Waals surface area contributed by atoms with E-state index in [1.165, 1.54) is 16.7 Å². The summed E-state index contributed by atoms with van der Waals surface area (Å²) in [4.78, 5) is 0.218. The number of rotatable bonds is 6. The zero-order valence-corrected chi connectivity index (χ0v) is 11.6. The maximum absolute atomic E-state index is 12.2. The fourth-order valence-electron chi connectivity index (χ4n) is 2.10. The van der Waals surface area contributed by atoms with Crippen LogP contribution in [0.15, 0.2) is 17.3 Å². The Bertz CT molecular complexity index is 466. The van der Waals surface area contributed by atoms with E-state index in [4.69, 9.17) is 10.5 Å². The van der Waals surface area contributed by atoms with Crippen LogP contribution in [0, 0.1) is 0 Å². The molecule has 7 nitrogen and oxygen atoms in total. The molecule has 8 heteroatoms. The minimum atomic E-state index is -3.40. The first kappa shape index (κ1) is 14.4. The zero-order valence-electron chi connectivity index (χ0n) is 10.8. The van der Waals surface area contributed by atoms with Crippen LogP contribution in [0.1, 0.15) is 19.3 Å². The van der Waals surface area contributed by atoms with Crippen LogP contribution in [-0.2, 0) is 14.8 Å². The number of sulfonamides is 1. The highest BCUT2D eigenvalue weighted by Crippen LogP contribution is 2.21. The van der Waals surface area contributed by atoms with Crippen LogP contribution >= 0.6 is 0 Å². The number of nitrogens with zero attached hydrogens (tertiary/aromatic N) is 2. The second-order valence-electron chi connectivity index (χ2n) is 4.55. The summed E-state index contributed by atoms with van der Waals surface area (Å²) in [5, 5.41) is 6.21. The van der Waals surface area contributed by atoms with E-state index in [1.54, 1.807) is 0 Å². The summed E-state index contributed by atoms with van der Waals surface area (Å²) in [6.07, 6.45) is 5.16. The van der Waals surface area contributed by atoms with Crippen LogP contribution in [0.4, 0.5) is 0 Å². The van der Waals surface area contributed by atoms with Crippen LogP contribution in [0.3, 0.4) is 0 Å². The molecule has 0 saturated carbocycles. The maximum Gasteiger partial charge on any atom is 0.246 e. The van der Waals surface area contributed by atoms with Crippen LogP contribution < -0.4 is 5.73 Å². The van der Waals surface area contributed by atoms with Crippen molar-refractivity contribution in [3.8, 4) is 0 Å². The Morgan fingerprint density at radius 3 is 2.79 bits per heavy atom. The number of H-pyrrole nitrogens is 1. The van der Waals surface area contributed by atoms with E-state index >= 15 is 0 Å². The number of aromatic nitrogens is 2. The van der Waals surface area contributed by atoms with Gasteiger partial charge in [0.05, 0.1) is 12.3 Å². The van der Waals surface area contributed by atoms with Gasteiger partial charge in [-0.15, -0.1) is 0 Å². The van der Waals surface area contributed by atoms with Gasteiger partial charge < -0.3 is 10.5 Å². The molecule has 0 bridgehead atoms. The summed E-state index contributed by atoms with van der Waals surface area (Å²) in [5.41, 5.74) is 5.40. The Labute approximate surface area is 113 Å².